The van der Waals surface area contributed by atoms with Crippen molar-refractivity contribution in [1.82, 2.24) is 15.3 Å². The summed E-state index contributed by atoms with van der Waals surface area (Å²) >= 11 is 6.03. The van der Waals surface area contributed by atoms with Crippen molar-refractivity contribution in [2.45, 2.75) is 20.0 Å². The van der Waals surface area contributed by atoms with Crippen LogP contribution in [0.5, 0.6) is 0 Å². The molecular formula is C13H11ClFN3. The van der Waals surface area contributed by atoms with E-state index in [4.69, 9.17) is 11.6 Å². The Labute approximate surface area is 109 Å². The van der Waals surface area contributed by atoms with Gasteiger partial charge >= 0.3 is 0 Å². The monoisotopic (exact) mass is 263 g/mol. The lowest BCUT2D eigenvalue weighted by Gasteiger charge is -2.07. The van der Waals surface area contributed by atoms with Crippen molar-refractivity contribution in [2.24, 2.45) is 0 Å². The highest BCUT2D eigenvalue weighted by molar-refractivity contribution is 6.33. The molecular weight excluding hydrogens is 253 g/mol. The van der Waals surface area contributed by atoms with Crippen LogP contribution in [0.15, 0.2) is 18.2 Å². The van der Waals surface area contributed by atoms with Crippen LogP contribution in [0.2, 0.25) is 5.02 Å². The van der Waals surface area contributed by atoms with Crippen LogP contribution in [0.1, 0.15) is 17.0 Å². The Bertz CT molecular complexity index is 628. The molecule has 0 fully saturated rings. The van der Waals surface area contributed by atoms with Crippen LogP contribution >= 0.6 is 11.6 Å². The Morgan fingerprint density at radius 3 is 2.89 bits per heavy atom. The molecule has 0 saturated carbocycles. The van der Waals surface area contributed by atoms with Gasteiger partial charge in [0.05, 0.1) is 10.7 Å². The zero-order chi connectivity index (χ0) is 12.7. The van der Waals surface area contributed by atoms with Crippen molar-refractivity contribution < 1.29 is 4.39 Å². The fraction of sp³-hybridized carbons (Fsp3) is 0.231. The quantitative estimate of drug-likeness (QED) is 0.860. The van der Waals surface area contributed by atoms with Crippen molar-refractivity contribution in [3.63, 3.8) is 0 Å². The normalized spacial score (nSPS) is 13.7. The molecule has 1 aromatic carbocycles. The fourth-order valence-corrected chi connectivity index (χ4v) is 2.38. The van der Waals surface area contributed by atoms with Gasteiger partial charge in [-0.25, -0.2) is 14.4 Å². The third kappa shape index (κ3) is 1.87. The molecule has 0 unspecified atom stereocenters. The summed E-state index contributed by atoms with van der Waals surface area (Å²) in [6.07, 6.45) is 0. The Hall–Kier alpha value is -1.52. The number of aromatic nitrogens is 2. The Morgan fingerprint density at radius 2 is 2.11 bits per heavy atom. The average Bonchev–Trinajstić information content (AvgIpc) is 2.77. The molecule has 0 aliphatic carbocycles. The van der Waals surface area contributed by atoms with Crippen molar-refractivity contribution in [1.29, 1.82) is 0 Å². The highest BCUT2D eigenvalue weighted by Gasteiger charge is 2.18. The topological polar surface area (TPSA) is 37.8 Å². The number of halogens is 2. The summed E-state index contributed by atoms with van der Waals surface area (Å²) in [5.74, 6) is 0.197. The van der Waals surface area contributed by atoms with Crippen LogP contribution in [0.3, 0.4) is 0 Å². The van der Waals surface area contributed by atoms with Gasteiger partial charge in [0.2, 0.25) is 0 Å². The molecule has 3 nitrogen and oxygen atoms in total. The maximum atomic E-state index is 13.0. The van der Waals surface area contributed by atoms with Crippen molar-refractivity contribution >= 4 is 11.6 Å². The third-order valence-electron chi connectivity index (χ3n) is 3.07. The molecule has 0 spiro atoms. The van der Waals surface area contributed by atoms with Crippen molar-refractivity contribution in [3.05, 3.63) is 46.0 Å². The first kappa shape index (κ1) is 11.6. The van der Waals surface area contributed by atoms with Gasteiger partial charge in [0.1, 0.15) is 5.82 Å². The number of fused-ring (bicyclic) bond motifs is 1. The maximum absolute atomic E-state index is 13.0. The van der Waals surface area contributed by atoms with Crippen LogP contribution < -0.4 is 5.32 Å². The van der Waals surface area contributed by atoms with Crippen molar-refractivity contribution in [3.8, 4) is 11.4 Å². The number of nitrogens with zero attached hydrogens (tertiary/aromatic N) is 2. The van der Waals surface area contributed by atoms with E-state index in [1.165, 1.54) is 12.1 Å². The second-order valence-electron chi connectivity index (χ2n) is 4.29. The first-order valence-electron chi connectivity index (χ1n) is 5.67. The molecule has 92 valence electrons. The molecule has 1 aliphatic heterocycles. The van der Waals surface area contributed by atoms with E-state index in [1.54, 1.807) is 6.07 Å². The lowest BCUT2D eigenvalue weighted by Crippen LogP contribution is -2.00. The maximum Gasteiger partial charge on any atom is 0.161 e. The van der Waals surface area contributed by atoms with Gasteiger partial charge in [-0.15, -0.1) is 0 Å². The predicted octanol–water partition coefficient (Wildman–Crippen LogP) is 2.85. The average molecular weight is 264 g/mol. The molecule has 1 aliphatic rings. The van der Waals surface area contributed by atoms with E-state index in [2.05, 4.69) is 15.3 Å². The zero-order valence-electron chi connectivity index (χ0n) is 9.80. The molecule has 2 heterocycles. The Kier molecular flexibility index (Phi) is 2.76. The summed E-state index contributed by atoms with van der Waals surface area (Å²) in [7, 11) is 0. The van der Waals surface area contributed by atoms with E-state index in [0.717, 1.165) is 30.0 Å². The molecule has 3 rings (SSSR count). The first-order valence-corrected chi connectivity index (χ1v) is 6.05. The lowest BCUT2D eigenvalue weighted by molar-refractivity contribution is 0.628. The number of rotatable bonds is 1. The van der Waals surface area contributed by atoms with Gasteiger partial charge < -0.3 is 5.32 Å². The van der Waals surface area contributed by atoms with Gasteiger partial charge in [-0.1, -0.05) is 11.6 Å². The standard InChI is InChI=1S/C13H11ClFN3/c1-7-10-5-16-6-12(10)18-13(17-7)9-3-2-8(15)4-11(9)14/h2-4,16H,5-6H2,1H3. The van der Waals surface area contributed by atoms with Crippen LogP contribution in [-0.4, -0.2) is 9.97 Å². The SMILES string of the molecule is Cc1nc(-c2ccc(F)cc2Cl)nc2c1CNC2. The van der Waals surface area contributed by atoms with E-state index in [9.17, 15) is 4.39 Å². The Morgan fingerprint density at radius 1 is 1.28 bits per heavy atom. The molecule has 2 aromatic rings. The highest BCUT2D eigenvalue weighted by atomic mass is 35.5. The smallest absolute Gasteiger partial charge is 0.161 e. The molecule has 18 heavy (non-hydrogen) atoms. The van der Waals surface area contributed by atoms with E-state index in [-0.39, 0.29) is 5.82 Å². The van der Waals surface area contributed by atoms with Gasteiger partial charge in [0.15, 0.2) is 5.82 Å². The number of nitrogens with one attached hydrogen (secondary N) is 1. The second-order valence-corrected chi connectivity index (χ2v) is 4.69. The van der Waals surface area contributed by atoms with Crippen LogP contribution in [-0.2, 0) is 13.1 Å². The minimum Gasteiger partial charge on any atom is -0.307 e. The summed E-state index contributed by atoms with van der Waals surface area (Å²) in [6, 6.07) is 4.26. The minimum absolute atomic E-state index is 0.334. The van der Waals surface area contributed by atoms with Gasteiger partial charge in [-0.3, -0.25) is 0 Å². The largest absolute Gasteiger partial charge is 0.307 e. The number of benzene rings is 1. The minimum atomic E-state index is -0.358. The molecule has 0 atom stereocenters. The number of aryl methyl sites for hydroxylation is 1. The molecule has 1 N–H and O–H groups in total. The predicted molar refractivity (Wildman–Crippen MR) is 67.7 cm³/mol. The lowest BCUT2D eigenvalue weighted by atomic mass is 10.1. The molecule has 0 amide bonds. The molecule has 1 aromatic heterocycles. The summed E-state index contributed by atoms with van der Waals surface area (Å²) in [5.41, 5.74) is 3.76. The van der Waals surface area contributed by atoms with E-state index < -0.39 is 0 Å². The molecule has 0 bridgehead atoms. The summed E-state index contributed by atoms with van der Waals surface area (Å²) < 4.78 is 13.0. The fourth-order valence-electron chi connectivity index (χ4n) is 2.13. The van der Waals surface area contributed by atoms with Crippen LogP contribution in [0.4, 0.5) is 4.39 Å². The zero-order valence-corrected chi connectivity index (χ0v) is 10.6. The van der Waals surface area contributed by atoms with Crippen LogP contribution in [0.25, 0.3) is 11.4 Å². The first-order chi connectivity index (χ1) is 8.65. The van der Waals surface area contributed by atoms with E-state index in [1.807, 2.05) is 6.92 Å². The third-order valence-corrected chi connectivity index (χ3v) is 3.38. The van der Waals surface area contributed by atoms with Crippen molar-refractivity contribution in [2.75, 3.05) is 0 Å². The van der Waals surface area contributed by atoms with Crippen LogP contribution in [0, 0.1) is 12.7 Å². The summed E-state index contributed by atoms with van der Waals surface area (Å²) in [5, 5.41) is 3.57. The van der Waals surface area contributed by atoms with Gasteiger partial charge in [0, 0.05) is 29.9 Å². The second kappa shape index (κ2) is 4.30. The molecule has 5 heteroatoms. The van der Waals surface area contributed by atoms with Gasteiger partial charge in [-0.2, -0.15) is 0 Å². The van der Waals surface area contributed by atoms with Gasteiger partial charge in [-0.05, 0) is 25.1 Å². The number of hydrogen-bond donors (Lipinski definition) is 1. The Balaban J connectivity index is 2.15. The van der Waals surface area contributed by atoms with Gasteiger partial charge in [0.25, 0.3) is 0 Å². The van der Waals surface area contributed by atoms with E-state index >= 15 is 0 Å². The highest BCUT2D eigenvalue weighted by Crippen LogP contribution is 2.28. The molecule has 0 saturated heterocycles. The summed E-state index contributed by atoms with van der Waals surface area (Å²) in [6.45, 7) is 3.50. The summed E-state index contributed by atoms with van der Waals surface area (Å²) in [4.78, 5) is 8.94. The molecule has 0 radical (unpaired) electrons. The number of hydrogen-bond acceptors (Lipinski definition) is 3. The van der Waals surface area contributed by atoms with E-state index in [0.29, 0.717) is 16.4 Å².